The lowest BCUT2D eigenvalue weighted by Gasteiger charge is -2.34. The third-order valence-corrected chi connectivity index (χ3v) is 11.3. The molecule has 4 fully saturated rings. The molecular formula is C43H53F3N6O5. The maximum atomic E-state index is 16.1. The Balaban J connectivity index is 0.000000229. The highest BCUT2D eigenvalue weighted by Crippen LogP contribution is 2.40. The van der Waals surface area contributed by atoms with Gasteiger partial charge in [0.2, 0.25) is 0 Å². The SMILES string of the molecule is C#Cc1c(F)ccc2cc(OC)cc(-c3ncc4c(N5CC6CCC(C5)N6)nc(=O)[nH]c4c3F)c12.CCC(C)CC=O.CCOC=O.C[C@@]12CCCN1C[C@H](F)C2. The van der Waals surface area contributed by atoms with Crippen molar-refractivity contribution in [3.8, 4) is 29.4 Å². The maximum Gasteiger partial charge on any atom is 0.347 e. The van der Waals surface area contributed by atoms with Gasteiger partial charge in [0.1, 0.15) is 35.5 Å². The van der Waals surface area contributed by atoms with Crippen LogP contribution in [0, 0.1) is 29.9 Å². The van der Waals surface area contributed by atoms with Crippen molar-refractivity contribution in [2.75, 3.05) is 44.8 Å². The monoisotopic (exact) mass is 790 g/mol. The molecule has 0 spiro atoms. The van der Waals surface area contributed by atoms with Gasteiger partial charge in [0.05, 0.1) is 30.2 Å². The van der Waals surface area contributed by atoms with Crippen LogP contribution in [0.15, 0.2) is 35.3 Å². The van der Waals surface area contributed by atoms with Crippen molar-refractivity contribution in [3.63, 3.8) is 0 Å². The van der Waals surface area contributed by atoms with Crippen molar-refractivity contribution in [1.82, 2.24) is 25.2 Å². The van der Waals surface area contributed by atoms with Crippen molar-refractivity contribution < 1.29 is 32.2 Å². The van der Waals surface area contributed by atoms with E-state index in [-0.39, 0.29) is 27.9 Å². The first-order valence-corrected chi connectivity index (χ1v) is 19.6. The summed E-state index contributed by atoms with van der Waals surface area (Å²) in [7, 11) is 1.48. The number of rotatable bonds is 8. The topological polar surface area (TPSA) is 130 Å². The molecule has 6 heterocycles. The predicted molar refractivity (Wildman–Crippen MR) is 216 cm³/mol. The largest absolute Gasteiger partial charge is 0.497 e. The number of carbonyl (C=O) groups is 2. The van der Waals surface area contributed by atoms with Crippen LogP contribution < -0.4 is 20.6 Å². The van der Waals surface area contributed by atoms with Gasteiger partial charge in [-0.3, -0.25) is 14.7 Å². The van der Waals surface area contributed by atoms with Crippen LogP contribution in [0.1, 0.15) is 78.2 Å². The fraction of sp³-hybridized carbons (Fsp3) is 0.512. The van der Waals surface area contributed by atoms with E-state index in [1.165, 1.54) is 32.2 Å². The van der Waals surface area contributed by atoms with E-state index in [4.69, 9.17) is 11.2 Å². The number of benzene rings is 2. The van der Waals surface area contributed by atoms with E-state index in [0.29, 0.717) is 78.4 Å². The average Bonchev–Trinajstić information content (AvgIpc) is 3.83. The molecule has 0 aliphatic carbocycles. The molecule has 0 saturated carbocycles. The van der Waals surface area contributed by atoms with Crippen LogP contribution in [-0.4, -0.2) is 96.3 Å². The zero-order chi connectivity index (χ0) is 41.3. The number of fused-ring (bicyclic) bond motifs is 5. The summed E-state index contributed by atoms with van der Waals surface area (Å²) in [5, 5.41) is 4.86. The van der Waals surface area contributed by atoms with Crippen molar-refractivity contribution >= 4 is 40.3 Å². The van der Waals surface area contributed by atoms with Gasteiger partial charge in [-0.25, -0.2) is 18.0 Å². The van der Waals surface area contributed by atoms with Gasteiger partial charge in [-0.2, -0.15) is 4.98 Å². The van der Waals surface area contributed by atoms with E-state index in [1.54, 1.807) is 25.1 Å². The summed E-state index contributed by atoms with van der Waals surface area (Å²) in [4.78, 5) is 46.9. The zero-order valence-corrected chi connectivity index (χ0v) is 33.4. The van der Waals surface area contributed by atoms with Crippen molar-refractivity contribution in [2.24, 2.45) is 5.92 Å². The van der Waals surface area contributed by atoms with Gasteiger partial charge in [0.25, 0.3) is 6.47 Å². The molecule has 4 aromatic rings. The molecule has 0 radical (unpaired) electrons. The lowest BCUT2D eigenvalue weighted by molar-refractivity contribution is -0.128. The lowest BCUT2D eigenvalue weighted by Crippen LogP contribution is -2.51. The van der Waals surface area contributed by atoms with Gasteiger partial charge in [-0.15, -0.1) is 6.42 Å². The van der Waals surface area contributed by atoms with Gasteiger partial charge in [0.15, 0.2) is 5.82 Å². The first kappa shape index (κ1) is 43.1. The van der Waals surface area contributed by atoms with Crippen molar-refractivity contribution in [2.45, 2.75) is 96.4 Å². The van der Waals surface area contributed by atoms with Crippen molar-refractivity contribution in [3.05, 3.63) is 58.1 Å². The number of terminal acetylenes is 1. The van der Waals surface area contributed by atoms with Crippen LogP contribution in [0.5, 0.6) is 5.75 Å². The van der Waals surface area contributed by atoms with Gasteiger partial charge in [-0.1, -0.05) is 32.3 Å². The van der Waals surface area contributed by atoms with Gasteiger partial charge < -0.3 is 29.5 Å². The number of alkyl halides is 1. The highest BCUT2D eigenvalue weighted by molar-refractivity contribution is 6.03. The number of halogens is 3. The minimum absolute atomic E-state index is 0.00153. The molecular weight excluding hydrogens is 738 g/mol. The molecule has 2 aromatic carbocycles. The highest BCUT2D eigenvalue weighted by atomic mass is 19.1. The van der Waals surface area contributed by atoms with Crippen LogP contribution in [0.4, 0.5) is 19.0 Å². The average molecular weight is 791 g/mol. The second-order valence-corrected chi connectivity index (χ2v) is 15.3. The third kappa shape index (κ3) is 9.94. The number of nitrogens with one attached hydrogen (secondary N) is 2. The molecule has 4 saturated heterocycles. The Hall–Kier alpha value is -5.00. The zero-order valence-electron chi connectivity index (χ0n) is 33.4. The molecule has 4 aliphatic rings. The number of methoxy groups -OCH3 is 1. The Morgan fingerprint density at radius 3 is 2.46 bits per heavy atom. The molecule has 11 nitrogen and oxygen atoms in total. The predicted octanol–water partition coefficient (Wildman–Crippen LogP) is 6.73. The number of aromatic amines is 1. The standard InChI is InChI=1S/C26H21F2N5O2.C8H14FN.C6H12O.C3H6O2/c1-3-17-20(27)7-4-13-8-16(35-2)9-18(21(13)17)23-22(28)24-19(10-29-23)25(32-26(34)31-24)33-11-14-5-6-15(12-33)30-14;1-8-3-2-4-10(8)6-7(9)5-8;1-3-6(2)4-5-7;1-2-5-3-4/h1,4,7-10,14-15,30H,5-6,11-12H2,2H3,(H,31,32,34);7H,2-6H2,1H3;5-6H,3-4H2,1-2H3;3H,2H2,1H3/t;7-,8+;;/m.1../s1. The normalized spacial score (nSPS) is 22.5. The quantitative estimate of drug-likeness (QED) is 0.147. The second kappa shape index (κ2) is 19.4. The van der Waals surface area contributed by atoms with Crippen LogP contribution in [-0.2, 0) is 14.3 Å². The summed E-state index contributed by atoms with van der Waals surface area (Å²) < 4.78 is 53.0. The Labute approximate surface area is 331 Å². The number of pyridine rings is 1. The molecule has 306 valence electrons. The molecule has 2 aromatic heterocycles. The molecule has 5 atom stereocenters. The number of anilines is 1. The van der Waals surface area contributed by atoms with Gasteiger partial charge >= 0.3 is 5.69 Å². The third-order valence-electron chi connectivity index (χ3n) is 11.3. The minimum atomic E-state index is -0.747. The summed E-state index contributed by atoms with van der Waals surface area (Å²) in [6.07, 6.45) is 14.7. The molecule has 4 aliphatic heterocycles. The van der Waals surface area contributed by atoms with Crippen LogP contribution in [0.2, 0.25) is 0 Å². The van der Waals surface area contributed by atoms with Crippen LogP contribution >= 0.6 is 0 Å². The fourth-order valence-electron chi connectivity index (χ4n) is 8.13. The summed E-state index contributed by atoms with van der Waals surface area (Å²) in [5.41, 5.74) is -0.228. The first-order valence-electron chi connectivity index (χ1n) is 19.6. The number of piperazine rings is 1. The van der Waals surface area contributed by atoms with E-state index < -0.39 is 23.5 Å². The number of nitrogens with zero attached hydrogens (tertiary/aromatic N) is 4. The number of aromatic nitrogens is 3. The van der Waals surface area contributed by atoms with E-state index in [2.05, 4.69) is 56.6 Å². The summed E-state index contributed by atoms with van der Waals surface area (Å²) >= 11 is 0. The van der Waals surface area contributed by atoms with E-state index >= 15 is 4.39 Å². The summed E-state index contributed by atoms with van der Waals surface area (Å²) in [6, 6.07) is 6.69. The molecule has 2 N–H and O–H groups in total. The van der Waals surface area contributed by atoms with Gasteiger partial charge in [0, 0.05) is 60.8 Å². The number of H-pyrrole nitrogens is 1. The molecule has 0 amide bonds. The van der Waals surface area contributed by atoms with Gasteiger partial charge in [-0.05, 0) is 82.0 Å². The Morgan fingerprint density at radius 2 is 1.88 bits per heavy atom. The Morgan fingerprint density at radius 1 is 1.14 bits per heavy atom. The van der Waals surface area contributed by atoms with E-state index in [0.717, 1.165) is 44.9 Å². The summed E-state index contributed by atoms with van der Waals surface area (Å²) in [5.74, 6) is 2.45. The molecule has 57 heavy (non-hydrogen) atoms. The fourth-order valence-corrected chi connectivity index (χ4v) is 8.13. The Bertz CT molecular complexity index is 2130. The molecule has 8 rings (SSSR count). The smallest absolute Gasteiger partial charge is 0.347 e. The van der Waals surface area contributed by atoms with E-state index in [9.17, 15) is 23.2 Å². The Kier molecular flexibility index (Phi) is 14.7. The van der Waals surface area contributed by atoms with E-state index in [1.807, 2.05) is 4.90 Å². The molecule has 14 heteroatoms. The van der Waals surface area contributed by atoms with Crippen LogP contribution in [0.3, 0.4) is 0 Å². The number of hydrogen-bond acceptors (Lipinski definition) is 10. The number of carbonyl (C=O) groups excluding carboxylic acids is 2. The second-order valence-electron chi connectivity index (χ2n) is 15.3. The maximum absolute atomic E-state index is 16.1. The number of ether oxygens (including phenoxy) is 2. The van der Waals surface area contributed by atoms with Crippen molar-refractivity contribution in [1.29, 1.82) is 0 Å². The first-order chi connectivity index (χ1) is 27.4. The molecule has 3 unspecified atom stereocenters. The molecule has 2 bridgehead atoms. The van der Waals surface area contributed by atoms with Crippen LogP contribution in [0.25, 0.3) is 32.9 Å². The highest BCUT2D eigenvalue weighted by Gasteiger charge is 2.44. The minimum Gasteiger partial charge on any atom is -0.497 e. The number of hydrogen-bond donors (Lipinski definition) is 2. The number of aldehydes is 1. The lowest BCUT2D eigenvalue weighted by atomic mass is 9.95. The summed E-state index contributed by atoms with van der Waals surface area (Å²) in [6.45, 7) is 12.2.